The Hall–Kier alpha value is -1.78. The minimum Gasteiger partial charge on any atom is -0.420 e. The van der Waals surface area contributed by atoms with Crippen LogP contribution in [0.15, 0.2) is 57.8 Å². The van der Waals surface area contributed by atoms with Crippen molar-refractivity contribution in [2.75, 3.05) is 0 Å². The summed E-state index contributed by atoms with van der Waals surface area (Å²) in [5, 5.41) is 8.92. The molecule has 0 amide bonds. The van der Waals surface area contributed by atoms with Crippen molar-refractivity contribution in [3.8, 4) is 11.5 Å². The highest BCUT2D eigenvalue weighted by atomic mass is 35.5. The Labute approximate surface area is 132 Å². The van der Waals surface area contributed by atoms with E-state index >= 15 is 0 Å². The average Bonchev–Trinajstić information content (AvgIpc) is 2.95. The van der Waals surface area contributed by atoms with Gasteiger partial charge < -0.3 is 4.42 Å². The summed E-state index contributed by atoms with van der Waals surface area (Å²) in [6, 6.07) is 15.7. The van der Waals surface area contributed by atoms with Crippen molar-refractivity contribution in [3.05, 3.63) is 65.0 Å². The van der Waals surface area contributed by atoms with Crippen LogP contribution in [0.5, 0.6) is 0 Å². The monoisotopic (exact) mass is 316 g/mol. The van der Waals surface area contributed by atoms with Crippen molar-refractivity contribution in [1.29, 1.82) is 0 Å². The van der Waals surface area contributed by atoms with E-state index in [0.29, 0.717) is 17.5 Å². The summed E-state index contributed by atoms with van der Waals surface area (Å²) in [6.45, 7) is 2.04. The molecule has 0 spiro atoms. The van der Waals surface area contributed by atoms with E-state index in [4.69, 9.17) is 16.0 Å². The Bertz CT molecular complexity index is 757. The molecule has 0 fully saturated rings. The largest absolute Gasteiger partial charge is 0.420 e. The smallest absolute Gasteiger partial charge is 0.247 e. The zero-order valence-corrected chi connectivity index (χ0v) is 13.0. The molecule has 0 saturated carbocycles. The van der Waals surface area contributed by atoms with E-state index in [2.05, 4.69) is 10.2 Å². The van der Waals surface area contributed by atoms with Crippen molar-refractivity contribution in [3.63, 3.8) is 0 Å². The molecule has 106 valence electrons. The average molecular weight is 317 g/mol. The lowest BCUT2D eigenvalue weighted by molar-refractivity contribution is 0.528. The second-order valence-electron chi connectivity index (χ2n) is 4.59. The molecule has 1 aromatic heterocycles. The number of nitrogens with zero attached hydrogens (tertiary/aromatic N) is 2. The molecule has 1 heterocycles. The molecule has 0 radical (unpaired) electrons. The molecule has 0 saturated heterocycles. The van der Waals surface area contributed by atoms with Crippen LogP contribution in [0.3, 0.4) is 0 Å². The third-order valence-corrected chi connectivity index (χ3v) is 4.42. The van der Waals surface area contributed by atoms with Crippen LogP contribution in [0.25, 0.3) is 11.5 Å². The van der Waals surface area contributed by atoms with Gasteiger partial charge in [-0.3, -0.25) is 0 Å². The number of aryl methyl sites for hydroxylation is 1. The van der Waals surface area contributed by atoms with Crippen LogP contribution in [0.4, 0.5) is 0 Å². The Morgan fingerprint density at radius 1 is 1.10 bits per heavy atom. The summed E-state index contributed by atoms with van der Waals surface area (Å²) in [5.41, 5.74) is 2.11. The molecule has 0 atom stereocenters. The van der Waals surface area contributed by atoms with E-state index in [-0.39, 0.29) is 0 Å². The lowest BCUT2D eigenvalue weighted by atomic mass is 10.1. The van der Waals surface area contributed by atoms with E-state index in [1.54, 1.807) is 11.8 Å². The summed E-state index contributed by atoms with van der Waals surface area (Å²) >= 11 is 7.71. The van der Waals surface area contributed by atoms with E-state index < -0.39 is 0 Å². The first-order chi connectivity index (χ1) is 10.2. The van der Waals surface area contributed by atoms with Gasteiger partial charge >= 0.3 is 0 Å². The zero-order chi connectivity index (χ0) is 14.7. The van der Waals surface area contributed by atoms with Crippen LogP contribution in [0, 0.1) is 6.92 Å². The van der Waals surface area contributed by atoms with Crippen LogP contribution in [-0.2, 0) is 5.75 Å². The van der Waals surface area contributed by atoms with Gasteiger partial charge in [-0.1, -0.05) is 41.4 Å². The second-order valence-corrected chi connectivity index (χ2v) is 6.01. The molecule has 2 aromatic carbocycles. The van der Waals surface area contributed by atoms with Gasteiger partial charge in [0.2, 0.25) is 11.8 Å². The molecule has 0 aliphatic rings. The maximum atomic E-state index is 6.12. The summed E-state index contributed by atoms with van der Waals surface area (Å²) < 4.78 is 5.70. The molecule has 0 N–H and O–H groups in total. The highest BCUT2D eigenvalue weighted by molar-refractivity contribution is 7.98. The number of hydrogen-bond donors (Lipinski definition) is 0. The number of benzene rings is 2. The van der Waals surface area contributed by atoms with Gasteiger partial charge in [-0.15, -0.1) is 22.0 Å². The Morgan fingerprint density at radius 2 is 1.95 bits per heavy atom. The first kappa shape index (κ1) is 14.2. The fourth-order valence-electron chi connectivity index (χ4n) is 1.91. The van der Waals surface area contributed by atoms with Crippen molar-refractivity contribution < 1.29 is 4.42 Å². The maximum absolute atomic E-state index is 6.12. The molecule has 0 bridgehead atoms. The third-order valence-electron chi connectivity index (χ3n) is 2.92. The Balaban J connectivity index is 1.72. The molecular formula is C16H13ClN2OS. The molecule has 3 nitrogen and oxygen atoms in total. The minimum atomic E-state index is 0.549. The maximum Gasteiger partial charge on any atom is 0.247 e. The van der Waals surface area contributed by atoms with Crippen molar-refractivity contribution in [1.82, 2.24) is 10.2 Å². The molecule has 0 unspecified atom stereocenters. The van der Waals surface area contributed by atoms with Gasteiger partial charge in [-0.2, -0.15) is 0 Å². The number of thioether (sulfide) groups is 1. The minimum absolute atomic E-state index is 0.549. The standard InChI is InChI=1S/C16H13ClN2OS/c1-11-5-4-6-12(9-11)16-19-18-15(20-16)10-21-14-8-3-2-7-13(14)17/h2-9H,10H2,1H3. The van der Waals surface area contributed by atoms with Crippen LogP contribution in [-0.4, -0.2) is 10.2 Å². The fraction of sp³-hybridized carbons (Fsp3) is 0.125. The summed E-state index contributed by atoms with van der Waals surface area (Å²) in [7, 11) is 0. The zero-order valence-electron chi connectivity index (χ0n) is 11.4. The lowest BCUT2D eigenvalue weighted by Gasteiger charge is -2.00. The van der Waals surface area contributed by atoms with Gasteiger partial charge in [-0.05, 0) is 31.2 Å². The first-order valence-electron chi connectivity index (χ1n) is 6.49. The normalized spacial score (nSPS) is 10.8. The van der Waals surface area contributed by atoms with Gasteiger partial charge in [0, 0.05) is 10.5 Å². The second kappa shape index (κ2) is 6.33. The van der Waals surface area contributed by atoms with Crippen LogP contribution >= 0.6 is 23.4 Å². The SMILES string of the molecule is Cc1cccc(-c2nnc(CSc3ccccc3Cl)o2)c1. The van der Waals surface area contributed by atoms with Crippen LogP contribution in [0.2, 0.25) is 5.02 Å². The quantitative estimate of drug-likeness (QED) is 0.636. The molecule has 0 aliphatic heterocycles. The van der Waals surface area contributed by atoms with E-state index in [0.717, 1.165) is 21.0 Å². The Kier molecular flexibility index (Phi) is 4.27. The number of hydrogen-bond acceptors (Lipinski definition) is 4. The molecular weight excluding hydrogens is 304 g/mol. The predicted octanol–water partition coefficient (Wildman–Crippen LogP) is 4.99. The highest BCUT2D eigenvalue weighted by Crippen LogP contribution is 2.29. The fourth-order valence-corrected chi connectivity index (χ4v) is 2.98. The van der Waals surface area contributed by atoms with E-state index in [9.17, 15) is 0 Å². The van der Waals surface area contributed by atoms with Crippen LogP contribution < -0.4 is 0 Å². The summed E-state index contributed by atoms with van der Waals surface area (Å²) in [6.07, 6.45) is 0. The predicted molar refractivity (Wildman–Crippen MR) is 85.5 cm³/mol. The van der Waals surface area contributed by atoms with Crippen molar-refractivity contribution >= 4 is 23.4 Å². The Morgan fingerprint density at radius 3 is 2.76 bits per heavy atom. The highest BCUT2D eigenvalue weighted by Gasteiger charge is 2.09. The van der Waals surface area contributed by atoms with Gasteiger partial charge in [0.1, 0.15) is 0 Å². The molecule has 3 aromatic rings. The van der Waals surface area contributed by atoms with Gasteiger partial charge in [-0.25, -0.2) is 0 Å². The van der Waals surface area contributed by atoms with Gasteiger partial charge in [0.05, 0.1) is 10.8 Å². The molecule has 21 heavy (non-hydrogen) atoms. The topological polar surface area (TPSA) is 38.9 Å². The lowest BCUT2D eigenvalue weighted by Crippen LogP contribution is -1.81. The third kappa shape index (κ3) is 3.46. The van der Waals surface area contributed by atoms with Crippen LogP contribution in [0.1, 0.15) is 11.5 Å². The number of aromatic nitrogens is 2. The molecule has 5 heteroatoms. The van der Waals surface area contributed by atoms with E-state index in [1.165, 1.54) is 0 Å². The van der Waals surface area contributed by atoms with Crippen molar-refractivity contribution in [2.45, 2.75) is 17.6 Å². The van der Waals surface area contributed by atoms with E-state index in [1.807, 2.05) is 55.5 Å². The van der Waals surface area contributed by atoms with Gasteiger partial charge in [0.25, 0.3) is 0 Å². The number of rotatable bonds is 4. The van der Waals surface area contributed by atoms with Crippen molar-refractivity contribution in [2.24, 2.45) is 0 Å². The first-order valence-corrected chi connectivity index (χ1v) is 7.85. The summed E-state index contributed by atoms with van der Waals surface area (Å²) in [5.74, 6) is 1.74. The number of halogens is 1. The summed E-state index contributed by atoms with van der Waals surface area (Å²) in [4.78, 5) is 1.01. The molecule has 0 aliphatic carbocycles. The van der Waals surface area contributed by atoms with Gasteiger partial charge in [0.15, 0.2) is 0 Å². The molecule has 3 rings (SSSR count).